The summed E-state index contributed by atoms with van der Waals surface area (Å²) in [5.41, 5.74) is -0.941. The molecule has 7 heteroatoms. The molecule has 1 fully saturated rings. The number of halogens is 2. The Morgan fingerprint density at radius 2 is 1.79 bits per heavy atom. The summed E-state index contributed by atoms with van der Waals surface area (Å²) < 4.78 is 34.5. The molecule has 0 aromatic carbocycles. The summed E-state index contributed by atoms with van der Waals surface area (Å²) >= 11 is 0. The number of rotatable bonds is 1. The SMILES string of the molecule is COC(=O)C(=O)OC1(C)C(C)[PH]1(F)F. The number of hydrogen-bond donors (Lipinski definition) is 0. The van der Waals surface area contributed by atoms with Crippen molar-refractivity contribution in [3.8, 4) is 0 Å². The number of methoxy groups -OCH3 is 1. The van der Waals surface area contributed by atoms with Crippen LogP contribution in [0.15, 0.2) is 0 Å². The van der Waals surface area contributed by atoms with Crippen LogP contribution in [-0.2, 0) is 19.1 Å². The molecule has 4 nitrogen and oxygen atoms in total. The van der Waals surface area contributed by atoms with Gasteiger partial charge in [-0.1, -0.05) is 0 Å². The second kappa shape index (κ2) is 3.12. The monoisotopic (exact) mass is 228 g/mol. The molecule has 0 aromatic heterocycles. The normalized spacial score (nSPS) is 35.6. The second-order valence-corrected chi connectivity index (χ2v) is 6.44. The first kappa shape index (κ1) is 11.3. The van der Waals surface area contributed by atoms with E-state index in [2.05, 4.69) is 9.47 Å². The summed E-state index contributed by atoms with van der Waals surface area (Å²) in [5, 5.41) is -1.74. The van der Waals surface area contributed by atoms with Crippen molar-refractivity contribution in [1.82, 2.24) is 0 Å². The van der Waals surface area contributed by atoms with Gasteiger partial charge in [-0.3, -0.25) is 0 Å². The Morgan fingerprint density at radius 1 is 1.36 bits per heavy atom. The van der Waals surface area contributed by atoms with Gasteiger partial charge in [0.05, 0.1) is 0 Å². The third-order valence-electron chi connectivity index (χ3n) is 2.61. The van der Waals surface area contributed by atoms with Crippen molar-refractivity contribution >= 4 is 19.8 Å². The van der Waals surface area contributed by atoms with Gasteiger partial charge in [0.1, 0.15) is 0 Å². The fourth-order valence-corrected chi connectivity index (χ4v) is 3.21. The van der Waals surface area contributed by atoms with Crippen LogP contribution in [-0.4, -0.2) is 30.0 Å². The third-order valence-corrected chi connectivity index (χ3v) is 5.79. The zero-order chi connectivity index (χ0) is 11.1. The number of ether oxygens (including phenoxy) is 2. The summed E-state index contributed by atoms with van der Waals surface area (Å²) in [5.74, 6) is -2.61. The molecule has 82 valence electrons. The molecule has 1 heterocycles. The quantitative estimate of drug-likeness (QED) is 0.386. The van der Waals surface area contributed by atoms with Crippen LogP contribution in [0.2, 0.25) is 0 Å². The molecule has 1 saturated heterocycles. The fraction of sp³-hybridized carbons (Fsp3) is 0.714. The van der Waals surface area contributed by atoms with E-state index in [0.29, 0.717) is 0 Å². The Labute approximate surface area is 80.1 Å². The minimum atomic E-state index is -4.49. The summed E-state index contributed by atoms with van der Waals surface area (Å²) in [6, 6.07) is 0. The van der Waals surface area contributed by atoms with Gasteiger partial charge in [0.25, 0.3) is 0 Å². The molecule has 0 aliphatic carbocycles. The predicted octanol–water partition coefficient (Wildman–Crippen LogP) is 1.34. The fourth-order valence-electron chi connectivity index (χ4n) is 1.18. The van der Waals surface area contributed by atoms with E-state index in [1.807, 2.05) is 0 Å². The molecule has 0 spiro atoms. The molecule has 2 atom stereocenters. The Morgan fingerprint density at radius 3 is 2.07 bits per heavy atom. The predicted molar refractivity (Wildman–Crippen MR) is 46.5 cm³/mol. The van der Waals surface area contributed by atoms with Gasteiger partial charge in [-0.05, 0) is 0 Å². The van der Waals surface area contributed by atoms with Crippen molar-refractivity contribution in [2.45, 2.75) is 24.8 Å². The first-order valence-corrected chi connectivity index (χ1v) is 5.79. The van der Waals surface area contributed by atoms with Crippen LogP contribution in [0.5, 0.6) is 0 Å². The number of carbonyl (C=O) groups is 2. The van der Waals surface area contributed by atoms with Crippen LogP contribution in [0.4, 0.5) is 8.39 Å². The molecule has 0 saturated carbocycles. The maximum atomic E-state index is 13.0. The molecule has 1 aliphatic heterocycles. The molecule has 0 radical (unpaired) electrons. The third kappa shape index (κ3) is 1.38. The zero-order valence-corrected chi connectivity index (χ0v) is 8.97. The van der Waals surface area contributed by atoms with Crippen LogP contribution in [0.3, 0.4) is 0 Å². The van der Waals surface area contributed by atoms with Crippen molar-refractivity contribution in [3.05, 3.63) is 0 Å². The first-order chi connectivity index (χ1) is 6.27. The number of carbonyl (C=O) groups excluding carboxylic acids is 2. The first-order valence-electron chi connectivity index (χ1n) is 3.96. The van der Waals surface area contributed by atoms with E-state index < -0.39 is 30.8 Å². The van der Waals surface area contributed by atoms with E-state index in [4.69, 9.17) is 0 Å². The molecule has 14 heavy (non-hydrogen) atoms. The average Bonchev–Trinajstić information content (AvgIpc) is 2.48. The average molecular weight is 228 g/mol. The Balaban J connectivity index is 2.64. The van der Waals surface area contributed by atoms with Gasteiger partial charge in [0, 0.05) is 0 Å². The summed E-state index contributed by atoms with van der Waals surface area (Å²) in [6.45, 7) is 2.45. The van der Waals surface area contributed by atoms with Gasteiger partial charge in [0.2, 0.25) is 0 Å². The number of hydrogen-bond acceptors (Lipinski definition) is 4. The standard InChI is InChI=1S/C7H11F2O4P/c1-4-7(2,14(4,8)9)13-6(11)5(10)12-3/h4,14H,1-3H3. The molecule has 0 N–H and O–H groups in total. The van der Waals surface area contributed by atoms with E-state index >= 15 is 0 Å². The van der Waals surface area contributed by atoms with Gasteiger partial charge in [0.15, 0.2) is 0 Å². The molecule has 0 amide bonds. The van der Waals surface area contributed by atoms with Crippen molar-refractivity contribution < 1.29 is 27.5 Å². The van der Waals surface area contributed by atoms with Crippen molar-refractivity contribution in [2.75, 3.05) is 7.11 Å². The second-order valence-electron chi connectivity index (χ2n) is 3.33. The van der Waals surface area contributed by atoms with Crippen LogP contribution in [0.1, 0.15) is 13.8 Å². The minimum absolute atomic E-state index is 0.941. The van der Waals surface area contributed by atoms with Gasteiger partial charge in [-0.2, -0.15) is 0 Å². The van der Waals surface area contributed by atoms with Gasteiger partial charge in [-0.15, -0.1) is 0 Å². The van der Waals surface area contributed by atoms with Crippen LogP contribution in [0, 0.1) is 0 Å². The summed E-state index contributed by atoms with van der Waals surface area (Å²) in [6.07, 6.45) is 0. The van der Waals surface area contributed by atoms with E-state index in [-0.39, 0.29) is 0 Å². The molecule has 2 unspecified atom stereocenters. The van der Waals surface area contributed by atoms with Crippen LogP contribution in [0.25, 0.3) is 0 Å². The zero-order valence-electron chi connectivity index (χ0n) is 7.97. The Bertz CT molecular complexity index is 293. The van der Waals surface area contributed by atoms with Crippen molar-refractivity contribution in [3.63, 3.8) is 0 Å². The summed E-state index contributed by atoms with van der Waals surface area (Å²) in [4.78, 5) is 21.5. The van der Waals surface area contributed by atoms with Crippen LogP contribution < -0.4 is 0 Å². The Hall–Kier alpha value is -0.770. The van der Waals surface area contributed by atoms with Crippen molar-refractivity contribution in [1.29, 1.82) is 0 Å². The molecular weight excluding hydrogens is 217 g/mol. The number of esters is 2. The van der Waals surface area contributed by atoms with E-state index in [9.17, 15) is 18.0 Å². The Kier molecular flexibility index (Phi) is 2.52. The van der Waals surface area contributed by atoms with Crippen molar-refractivity contribution in [2.24, 2.45) is 0 Å². The van der Waals surface area contributed by atoms with Crippen LogP contribution >= 0.6 is 7.88 Å². The van der Waals surface area contributed by atoms with Gasteiger partial charge < -0.3 is 0 Å². The molecule has 1 aliphatic rings. The molecule has 1 rings (SSSR count). The molecular formula is C7H11F2O4P. The topological polar surface area (TPSA) is 52.6 Å². The van der Waals surface area contributed by atoms with Gasteiger partial charge in [-0.25, -0.2) is 0 Å². The molecule has 0 aromatic rings. The maximum absolute atomic E-state index is 13.0. The van der Waals surface area contributed by atoms with E-state index in [1.165, 1.54) is 6.92 Å². The van der Waals surface area contributed by atoms with E-state index in [0.717, 1.165) is 14.0 Å². The van der Waals surface area contributed by atoms with Gasteiger partial charge >= 0.3 is 79.2 Å². The molecule has 0 bridgehead atoms. The summed E-state index contributed by atoms with van der Waals surface area (Å²) in [7, 11) is -3.51. The van der Waals surface area contributed by atoms with E-state index in [1.54, 1.807) is 0 Å².